The number of allylic oxidation sites excluding steroid dienone is 4. The number of hydrogen-bond donors (Lipinski definition) is 0. The monoisotopic (exact) mass is 732 g/mol. The molecule has 0 spiro atoms. The molecule has 3 fully saturated rings. The van der Waals surface area contributed by atoms with Crippen LogP contribution in [0.1, 0.15) is 139 Å². The second-order valence-corrected chi connectivity index (χ2v) is 16.8. The smallest absolute Gasteiger partial charge is 0.150 e. The quantitative estimate of drug-likeness (QED) is 0.0560. The highest BCUT2D eigenvalue weighted by Gasteiger charge is 2.48. The summed E-state index contributed by atoms with van der Waals surface area (Å²) in [5, 5.41) is 1.42. The van der Waals surface area contributed by atoms with Gasteiger partial charge in [-0.15, -0.1) is 0 Å². The molecule has 7 rings (SSSR count). The van der Waals surface area contributed by atoms with Crippen LogP contribution >= 0.6 is 0 Å². The van der Waals surface area contributed by atoms with Crippen molar-refractivity contribution in [3.05, 3.63) is 118 Å². The Balaban J connectivity index is 0.000000361. The van der Waals surface area contributed by atoms with Crippen LogP contribution in [0.5, 0.6) is 5.75 Å². The number of carbonyl (C=O) groups is 1. The summed E-state index contributed by atoms with van der Waals surface area (Å²) in [6.07, 6.45) is 22.6. The Labute approximate surface area is 326 Å². The number of nitrogens with zero attached hydrogens (tertiary/aromatic N) is 1. The summed E-state index contributed by atoms with van der Waals surface area (Å²) in [5.41, 5.74) is 10.2. The number of halogens is 1. The molecule has 0 saturated heterocycles. The van der Waals surface area contributed by atoms with Crippen molar-refractivity contribution in [3.8, 4) is 5.75 Å². The van der Waals surface area contributed by atoms with Gasteiger partial charge in [0.05, 0.1) is 6.61 Å². The first-order chi connectivity index (χ1) is 26.1. The van der Waals surface area contributed by atoms with Gasteiger partial charge in [-0.1, -0.05) is 120 Å². The molecule has 0 N–H and O–H groups in total. The average molecular weight is 732 g/mol. The van der Waals surface area contributed by atoms with Crippen molar-refractivity contribution >= 4 is 22.8 Å². The summed E-state index contributed by atoms with van der Waals surface area (Å²) in [5.74, 6) is 3.28. The molecule has 3 aliphatic carbocycles. The third-order valence-electron chi connectivity index (χ3n) is 11.9. The highest BCUT2D eigenvalue weighted by atomic mass is 19.1. The van der Waals surface area contributed by atoms with E-state index in [2.05, 4.69) is 101 Å². The topological polar surface area (TPSA) is 31.2 Å². The van der Waals surface area contributed by atoms with Gasteiger partial charge in [0.25, 0.3) is 0 Å². The van der Waals surface area contributed by atoms with Gasteiger partial charge in [-0.2, -0.15) is 0 Å². The number of fused-ring (bicyclic) bond motifs is 1. The second kappa shape index (κ2) is 19.6. The summed E-state index contributed by atoms with van der Waals surface area (Å²) >= 11 is 0. The van der Waals surface area contributed by atoms with Crippen molar-refractivity contribution in [2.45, 2.75) is 138 Å². The van der Waals surface area contributed by atoms with Gasteiger partial charge < -0.3 is 9.30 Å². The summed E-state index contributed by atoms with van der Waals surface area (Å²) in [7, 11) is 0. The van der Waals surface area contributed by atoms with Crippen molar-refractivity contribution in [1.82, 2.24) is 4.57 Å². The molecule has 2 atom stereocenters. The molecular formula is C50H66FNO2. The Kier molecular flexibility index (Phi) is 15.0. The molecule has 1 heterocycles. The second-order valence-electron chi connectivity index (χ2n) is 16.8. The molecule has 4 heteroatoms. The van der Waals surface area contributed by atoms with Crippen molar-refractivity contribution in [2.75, 3.05) is 6.61 Å². The minimum atomic E-state index is -0.171. The van der Waals surface area contributed by atoms with E-state index < -0.39 is 0 Å². The van der Waals surface area contributed by atoms with Crippen LogP contribution in [0.2, 0.25) is 0 Å². The molecule has 3 aliphatic rings. The normalized spacial score (nSPS) is 18.1. The summed E-state index contributed by atoms with van der Waals surface area (Å²) in [6, 6.07) is 19.8. The van der Waals surface area contributed by atoms with Crippen LogP contribution in [0, 0.1) is 36.9 Å². The van der Waals surface area contributed by atoms with Crippen molar-refractivity contribution in [3.63, 3.8) is 0 Å². The lowest BCUT2D eigenvalue weighted by molar-refractivity contribution is -0.103. The molecule has 290 valence electrons. The summed E-state index contributed by atoms with van der Waals surface area (Å²) in [4.78, 5) is 11.8. The van der Waals surface area contributed by atoms with E-state index in [0.717, 1.165) is 79.2 Å². The highest BCUT2D eigenvalue weighted by molar-refractivity contribution is 6.07. The largest absolute Gasteiger partial charge is 0.493 e. The molecule has 3 saturated carbocycles. The first-order valence-electron chi connectivity index (χ1n) is 21.0. The number of rotatable bonds is 14. The number of aldehydes is 1. The minimum Gasteiger partial charge on any atom is -0.493 e. The number of ether oxygens (including phenoxy) is 1. The standard InChI is InChI=1S/C38H49NO2.C7H7F.C5H10/c1-6-8-15-29(26-40)30-18-19-37(31(12-7-2)27(30)3)41-23-11-21-39-22-20-33-32(16-10-17-36(33)39)34-24-35(34)38(4,5)25-28-13-9-14-28;1-6-2-4-7(8)5-3-6;1-5-3-2-4-5/h10,15-20,22,25-26,34-35H,6-9,11-14,21,23-24H2,1-5H3;2-5H,1H3;5H,2-4H2,1H3/b29-15-;;. The van der Waals surface area contributed by atoms with E-state index in [0.29, 0.717) is 12.5 Å². The third kappa shape index (κ3) is 10.9. The molecule has 3 aromatic carbocycles. The van der Waals surface area contributed by atoms with E-state index >= 15 is 0 Å². The zero-order valence-corrected chi connectivity index (χ0v) is 34.4. The molecule has 4 aromatic rings. The molecule has 3 nitrogen and oxygen atoms in total. The number of hydrogen-bond acceptors (Lipinski definition) is 2. The first-order valence-corrected chi connectivity index (χ1v) is 21.0. The molecule has 0 amide bonds. The Bertz CT molecular complexity index is 1850. The number of aryl methyl sites for hydroxylation is 2. The Hall–Kier alpha value is -3.92. The van der Waals surface area contributed by atoms with Crippen LogP contribution in [0.15, 0.2) is 84.6 Å². The van der Waals surface area contributed by atoms with Crippen molar-refractivity contribution in [1.29, 1.82) is 0 Å². The van der Waals surface area contributed by atoms with E-state index in [9.17, 15) is 9.18 Å². The maximum Gasteiger partial charge on any atom is 0.150 e. The number of unbranched alkanes of at least 4 members (excludes halogenated alkanes) is 1. The maximum absolute atomic E-state index is 12.1. The fourth-order valence-corrected chi connectivity index (χ4v) is 8.11. The predicted octanol–water partition coefficient (Wildman–Crippen LogP) is 13.9. The lowest BCUT2D eigenvalue weighted by Crippen LogP contribution is -2.14. The van der Waals surface area contributed by atoms with Gasteiger partial charge in [-0.25, -0.2) is 4.39 Å². The Morgan fingerprint density at radius 3 is 2.30 bits per heavy atom. The van der Waals surface area contributed by atoms with Gasteiger partial charge >= 0.3 is 0 Å². The molecule has 54 heavy (non-hydrogen) atoms. The van der Waals surface area contributed by atoms with Gasteiger partial charge in [-0.3, -0.25) is 4.79 Å². The fourth-order valence-electron chi connectivity index (χ4n) is 8.11. The molecule has 1 aromatic heterocycles. The van der Waals surface area contributed by atoms with E-state index in [1.54, 1.807) is 17.7 Å². The van der Waals surface area contributed by atoms with E-state index in [1.807, 2.05) is 6.92 Å². The van der Waals surface area contributed by atoms with Crippen molar-refractivity contribution in [2.24, 2.45) is 17.3 Å². The SMILES string of the molecule is CC1CCC1.CCC/C=C(/C=O)c1ccc(OCCCn2ccc3c(C4CC4C(C)(C)C=C4CCC4)cccc32)c(CCC)c1C.Cc1ccc(F)cc1. The molecular weight excluding hydrogens is 666 g/mol. The average Bonchev–Trinajstić information content (AvgIpc) is 3.85. The molecule has 0 radical (unpaired) electrons. The summed E-state index contributed by atoms with van der Waals surface area (Å²) in [6.45, 7) is 17.2. The van der Waals surface area contributed by atoms with E-state index in [1.165, 1.54) is 84.7 Å². The molecule has 2 unspecified atom stereocenters. The van der Waals surface area contributed by atoms with Crippen LogP contribution in [0.3, 0.4) is 0 Å². The Morgan fingerprint density at radius 2 is 1.70 bits per heavy atom. The minimum absolute atomic E-state index is 0.171. The van der Waals surface area contributed by atoms with Crippen LogP contribution < -0.4 is 4.74 Å². The number of aromatic nitrogens is 1. The van der Waals surface area contributed by atoms with Crippen LogP contribution in [0.4, 0.5) is 4.39 Å². The van der Waals surface area contributed by atoms with Crippen LogP contribution in [-0.2, 0) is 17.8 Å². The highest BCUT2D eigenvalue weighted by Crippen LogP contribution is 2.59. The van der Waals surface area contributed by atoms with Gasteiger partial charge in [0, 0.05) is 29.2 Å². The zero-order valence-electron chi connectivity index (χ0n) is 34.4. The fraction of sp³-hybridized carbons (Fsp3) is 0.500. The van der Waals surface area contributed by atoms with Crippen LogP contribution in [-0.4, -0.2) is 17.5 Å². The van der Waals surface area contributed by atoms with Crippen LogP contribution in [0.25, 0.3) is 16.5 Å². The van der Waals surface area contributed by atoms with Gasteiger partial charge in [0.2, 0.25) is 0 Å². The maximum atomic E-state index is 12.1. The molecule has 0 aliphatic heterocycles. The van der Waals surface area contributed by atoms with E-state index in [4.69, 9.17) is 4.74 Å². The van der Waals surface area contributed by atoms with Gasteiger partial charge in [0.1, 0.15) is 17.9 Å². The number of benzene rings is 3. The zero-order chi connectivity index (χ0) is 38.7. The number of carbonyl (C=O) groups excluding carboxylic acids is 1. The van der Waals surface area contributed by atoms with E-state index in [-0.39, 0.29) is 11.2 Å². The lowest BCUT2D eigenvalue weighted by Gasteiger charge is -2.26. The van der Waals surface area contributed by atoms with Crippen molar-refractivity contribution < 1.29 is 13.9 Å². The van der Waals surface area contributed by atoms with Gasteiger partial charge in [-0.05, 0) is 135 Å². The lowest BCUT2D eigenvalue weighted by atomic mass is 9.79. The van der Waals surface area contributed by atoms with Gasteiger partial charge in [0.15, 0.2) is 0 Å². The summed E-state index contributed by atoms with van der Waals surface area (Å²) < 4.78 is 20.9. The predicted molar refractivity (Wildman–Crippen MR) is 227 cm³/mol. The molecule has 0 bridgehead atoms. The first kappa shape index (κ1) is 41.2. The third-order valence-corrected chi connectivity index (χ3v) is 11.9. The Morgan fingerprint density at radius 1 is 0.963 bits per heavy atom.